The number of ether oxygens (including phenoxy) is 1. The van der Waals surface area contributed by atoms with Gasteiger partial charge in [0, 0.05) is 17.1 Å². The zero-order valence-corrected chi connectivity index (χ0v) is 15.1. The third-order valence-corrected chi connectivity index (χ3v) is 3.36. The smallest absolute Gasteiger partial charge is 0.408 e. The predicted molar refractivity (Wildman–Crippen MR) is 95.7 cm³/mol. The van der Waals surface area contributed by atoms with E-state index in [1.807, 2.05) is 0 Å². The number of alkyl carbamates (subject to hydrolysis) is 1. The minimum Gasteiger partial charge on any atom is -0.469 e. The van der Waals surface area contributed by atoms with Crippen LogP contribution in [0, 0.1) is 0 Å². The molecule has 134 valence electrons. The molecule has 25 heavy (non-hydrogen) atoms. The summed E-state index contributed by atoms with van der Waals surface area (Å²) >= 11 is 5.84. The molecule has 6 nitrogen and oxygen atoms in total. The van der Waals surface area contributed by atoms with Crippen LogP contribution in [-0.4, -0.2) is 23.6 Å². The van der Waals surface area contributed by atoms with E-state index in [-0.39, 0.29) is 12.3 Å². The summed E-state index contributed by atoms with van der Waals surface area (Å²) in [6.07, 6.45) is 1.04. The standard InChI is InChI=1S/C18H21ClN2O4/c1-18(2,3)25-17(23)21-15(11-14-5-4-10-24-14)16(22)20-13-8-6-12(19)7-9-13/h4-10,15H,11H2,1-3H3,(H,20,22)(H,21,23). The molecule has 1 aromatic heterocycles. The van der Waals surface area contributed by atoms with Crippen LogP contribution in [-0.2, 0) is 16.0 Å². The summed E-state index contributed by atoms with van der Waals surface area (Å²) in [4.78, 5) is 24.6. The van der Waals surface area contributed by atoms with Gasteiger partial charge in [-0.15, -0.1) is 0 Å². The number of amides is 2. The average molecular weight is 365 g/mol. The molecule has 0 aliphatic rings. The molecule has 1 aromatic carbocycles. The minimum absolute atomic E-state index is 0.200. The van der Waals surface area contributed by atoms with Crippen LogP contribution in [0.4, 0.5) is 10.5 Å². The molecule has 7 heteroatoms. The number of hydrogen-bond donors (Lipinski definition) is 2. The summed E-state index contributed by atoms with van der Waals surface area (Å²) in [5.41, 5.74) is -0.0868. The Morgan fingerprint density at radius 3 is 2.44 bits per heavy atom. The van der Waals surface area contributed by atoms with Crippen LogP contribution in [0.1, 0.15) is 26.5 Å². The average Bonchev–Trinajstić information content (AvgIpc) is 3.00. The number of carbonyl (C=O) groups is 2. The lowest BCUT2D eigenvalue weighted by molar-refractivity contribution is -0.118. The van der Waals surface area contributed by atoms with Gasteiger partial charge in [0.1, 0.15) is 17.4 Å². The number of benzene rings is 1. The van der Waals surface area contributed by atoms with E-state index in [1.165, 1.54) is 6.26 Å². The van der Waals surface area contributed by atoms with Crippen LogP contribution in [0.15, 0.2) is 47.1 Å². The Morgan fingerprint density at radius 2 is 1.88 bits per heavy atom. The summed E-state index contributed by atoms with van der Waals surface area (Å²) in [7, 11) is 0. The van der Waals surface area contributed by atoms with E-state index in [0.717, 1.165) is 0 Å². The maximum Gasteiger partial charge on any atom is 0.408 e. The quantitative estimate of drug-likeness (QED) is 0.840. The second kappa shape index (κ2) is 8.07. The van der Waals surface area contributed by atoms with E-state index >= 15 is 0 Å². The van der Waals surface area contributed by atoms with Crippen molar-refractivity contribution in [2.75, 3.05) is 5.32 Å². The molecule has 1 unspecified atom stereocenters. The first-order chi connectivity index (χ1) is 11.7. The van der Waals surface area contributed by atoms with Gasteiger partial charge >= 0.3 is 6.09 Å². The number of nitrogens with one attached hydrogen (secondary N) is 2. The lowest BCUT2D eigenvalue weighted by Crippen LogP contribution is -2.47. The molecule has 2 amide bonds. The SMILES string of the molecule is CC(C)(C)OC(=O)NC(Cc1ccco1)C(=O)Nc1ccc(Cl)cc1. The van der Waals surface area contributed by atoms with E-state index in [0.29, 0.717) is 16.5 Å². The molecular formula is C18H21ClN2O4. The van der Waals surface area contributed by atoms with Crippen molar-refractivity contribution in [2.45, 2.75) is 38.8 Å². The Bertz CT molecular complexity index is 706. The molecule has 1 atom stereocenters. The van der Waals surface area contributed by atoms with Crippen LogP contribution in [0.5, 0.6) is 0 Å². The lowest BCUT2D eigenvalue weighted by Gasteiger charge is -2.23. The van der Waals surface area contributed by atoms with Crippen molar-refractivity contribution in [1.82, 2.24) is 5.32 Å². The molecule has 0 saturated heterocycles. The van der Waals surface area contributed by atoms with Gasteiger partial charge in [0.05, 0.1) is 6.26 Å². The van der Waals surface area contributed by atoms with E-state index in [9.17, 15) is 9.59 Å². The topological polar surface area (TPSA) is 80.6 Å². The number of hydrogen-bond acceptors (Lipinski definition) is 4. The van der Waals surface area contributed by atoms with Crippen molar-refractivity contribution >= 4 is 29.3 Å². The first-order valence-corrected chi connectivity index (χ1v) is 8.19. The van der Waals surface area contributed by atoms with Crippen molar-refractivity contribution in [3.8, 4) is 0 Å². The Labute approximate surface area is 151 Å². The van der Waals surface area contributed by atoms with E-state index in [1.54, 1.807) is 57.2 Å². The van der Waals surface area contributed by atoms with Crippen LogP contribution < -0.4 is 10.6 Å². The number of halogens is 1. The largest absolute Gasteiger partial charge is 0.469 e. The van der Waals surface area contributed by atoms with Gasteiger partial charge in [-0.05, 0) is 57.2 Å². The van der Waals surface area contributed by atoms with Gasteiger partial charge in [-0.2, -0.15) is 0 Å². The van der Waals surface area contributed by atoms with Gasteiger partial charge in [0.25, 0.3) is 0 Å². The first-order valence-electron chi connectivity index (χ1n) is 7.81. The summed E-state index contributed by atoms with van der Waals surface area (Å²) in [6.45, 7) is 5.26. The third kappa shape index (κ3) is 6.51. The summed E-state index contributed by atoms with van der Waals surface area (Å²) in [5.74, 6) is 0.192. The van der Waals surface area contributed by atoms with Crippen molar-refractivity contribution in [2.24, 2.45) is 0 Å². The molecule has 0 fully saturated rings. The maximum atomic E-state index is 12.6. The first kappa shape index (κ1) is 18.9. The number of rotatable bonds is 5. The molecule has 0 radical (unpaired) electrons. The van der Waals surface area contributed by atoms with Crippen LogP contribution >= 0.6 is 11.6 Å². The van der Waals surface area contributed by atoms with Crippen molar-refractivity contribution in [1.29, 1.82) is 0 Å². The van der Waals surface area contributed by atoms with Gasteiger partial charge in [0.15, 0.2) is 0 Å². The molecule has 0 bridgehead atoms. The second-order valence-electron chi connectivity index (χ2n) is 6.48. The number of anilines is 1. The third-order valence-electron chi connectivity index (χ3n) is 3.10. The maximum absolute atomic E-state index is 12.6. The van der Waals surface area contributed by atoms with E-state index < -0.39 is 17.7 Å². The molecule has 0 aliphatic heterocycles. The molecule has 1 heterocycles. The van der Waals surface area contributed by atoms with Crippen molar-refractivity contribution in [3.05, 3.63) is 53.4 Å². The molecule has 0 saturated carbocycles. The predicted octanol–water partition coefficient (Wildman–Crippen LogP) is 4.01. The Hall–Kier alpha value is -2.47. The van der Waals surface area contributed by atoms with Crippen LogP contribution in [0.3, 0.4) is 0 Å². The zero-order chi connectivity index (χ0) is 18.4. The fourth-order valence-electron chi connectivity index (χ4n) is 2.05. The summed E-state index contributed by atoms with van der Waals surface area (Å²) in [6, 6.07) is 9.29. The van der Waals surface area contributed by atoms with Gasteiger partial charge in [-0.3, -0.25) is 4.79 Å². The fraction of sp³-hybridized carbons (Fsp3) is 0.333. The molecule has 0 aliphatic carbocycles. The molecule has 2 aromatic rings. The normalized spacial score (nSPS) is 12.3. The highest BCUT2D eigenvalue weighted by Gasteiger charge is 2.25. The Kier molecular flexibility index (Phi) is 6.09. The summed E-state index contributed by atoms with van der Waals surface area (Å²) in [5, 5.41) is 5.89. The molecule has 2 rings (SSSR count). The second-order valence-corrected chi connectivity index (χ2v) is 6.91. The van der Waals surface area contributed by atoms with Crippen LogP contribution in [0.2, 0.25) is 5.02 Å². The van der Waals surface area contributed by atoms with Gasteiger partial charge in [0.2, 0.25) is 5.91 Å². The minimum atomic E-state index is -0.850. The number of furan rings is 1. The Balaban J connectivity index is 2.08. The molecule has 2 N–H and O–H groups in total. The summed E-state index contributed by atoms with van der Waals surface area (Å²) < 4.78 is 10.5. The lowest BCUT2D eigenvalue weighted by atomic mass is 10.1. The van der Waals surface area contributed by atoms with Gasteiger partial charge in [-0.1, -0.05) is 11.6 Å². The Morgan fingerprint density at radius 1 is 1.20 bits per heavy atom. The van der Waals surface area contributed by atoms with Gasteiger partial charge < -0.3 is 19.8 Å². The number of carbonyl (C=O) groups excluding carboxylic acids is 2. The van der Waals surface area contributed by atoms with E-state index in [4.69, 9.17) is 20.8 Å². The highest BCUT2D eigenvalue weighted by molar-refractivity contribution is 6.30. The highest BCUT2D eigenvalue weighted by Crippen LogP contribution is 2.15. The van der Waals surface area contributed by atoms with Gasteiger partial charge in [-0.25, -0.2) is 4.79 Å². The van der Waals surface area contributed by atoms with Crippen molar-refractivity contribution < 1.29 is 18.7 Å². The van der Waals surface area contributed by atoms with Crippen molar-refractivity contribution in [3.63, 3.8) is 0 Å². The monoisotopic (exact) mass is 364 g/mol. The molecular weight excluding hydrogens is 344 g/mol. The fourth-order valence-corrected chi connectivity index (χ4v) is 2.18. The van der Waals surface area contributed by atoms with E-state index in [2.05, 4.69) is 10.6 Å². The molecule has 0 spiro atoms. The van der Waals surface area contributed by atoms with Crippen LogP contribution in [0.25, 0.3) is 0 Å². The highest BCUT2D eigenvalue weighted by atomic mass is 35.5. The zero-order valence-electron chi connectivity index (χ0n) is 14.3.